The summed E-state index contributed by atoms with van der Waals surface area (Å²) in [5.74, 6) is 1.20. The third-order valence-electron chi connectivity index (χ3n) is 4.01. The molecule has 1 aromatic carbocycles. The molecule has 0 aliphatic carbocycles. The number of anilines is 1. The lowest BCUT2D eigenvalue weighted by Gasteiger charge is -2.13. The van der Waals surface area contributed by atoms with Crippen molar-refractivity contribution >= 4 is 16.9 Å². The van der Waals surface area contributed by atoms with Crippen LogP contribution in [0.5, 0.6) is 0 Å². The maximum atomic E-state index is 4.57. The first-order chi connectivity index (χ1) is 9.90. The number of hydrogen-bond acceptors (Lipinski definition) is 2. The summed E-state index contributed by atoms with van der Waals surface area (Å²) in [6.07, 6.45) is 4.53. The van der Waals surface area contributed by atoms with Crippen molar-refractivity contribution in [2.24, 2.45) is 0 Å². The number of hydrogen-bond donors (Lipinski definition) is 1. The Hall–Kier alpha value is -2.29. The molecule has 0 bridgehead atoms. The number of rotatable bonds is 2. The summed E-state index contributed by atoms with van der Waals surface area (Å²) < 4.78 is 0. The molecule has 3 heteroatoms. The highest BCUT2D eigenvalue weighted by Crippen LogP contribution is 2.27. The van der Waals surface area contributed by atoms with Crippen molar-refractivity contribution in [2.45, 2.75) is 12.8 Å². The number of nitrogens with zero attached hydrogens (tertiary/aromatic N) is 2. The summed E-state index contributed by atoms with van der Waals surface area (Å²) in [5.41, 5.74) is 3.36. The first-order valence-corrected chi connectivity index (χ1v) is 7.19. The molecule has 0 saturated carbocycles. The summed E-state index contributed by atoms with van der Waals surface area (Å²) in [4.78, 5) is 10.4. The average Bonchev–Trinajstić information content (AvgIpc) is 3.16. The second-order valence-corrected chi connectivity index (χ2v) is 5.38. The smallest absolute Gasteiger partial charge is 0.138 e. The predicted molar refractivity (Wildman–Crippen MR) is 83.0 cm³/mol. The Bertz CT molecular complexity index is 724. The fourth-order valence-corrected chi connectivity index (χ4v) is 2.92. The van der Waals surface area contributed by atoms with Gasteiger partial charge in [-0.05, 0) is 30.5 Å². The summed E-state index contributed by atoms with van der Waals surface area (Å²) >= 11 is 0. The normalized spacial score (nSPS) is 15.1. The highest BCUT2D eigenvalue weighted by molar-refractivity contribution is 5.85. The Kier molecular flexibility index (Phi) is 2.69. The van der Waals surface area contributed by atoms with Crippen molar-refractivity contribution in [3.05, 3.63) is 48.7 Å². The van der Waals surface area contributed by atoms with Crippen LogP contribution in [0, 0.1) is 0 Å². The molecule has 0 radical (unpaired) electrons. The largest absolute Gasteiger partial charge is 0.358 e. The monoisotopic (exact) mass is 263 g/mol. The molecule has 3 nitrogen and oxygen atoms in total. The van der Waals surface area contributed by atoms with Crippen LogP contribution in [0.1, 0.15) is 12.8 Å². The minimum atomic E-state index is 0.978. The van der Waals surface area contributed by atoms with Crippen molar-refractivity contribution in [2.75, 3.05) is 18.0 Å². The lowest BCUT2D eigenvalue weighted by Crippen LogP contribution is -2.17. The zero-order valence-electron chi connectivity index (χ0n) is 11.3. The topological polar surface area (TPSA) is 31.9 Å². The number of aromatic amines is 1. The molecule has 4 rings (SSSR count). The first-order valence-electron chi connectivity index (χ1n) is 7.19. The Morgan fingerprint density at radius 2 is 1.75 bits per heavy atom. The van der Waals surface area contributed by atoms with Gasteiger partial charge in [0.15, 0.2) is 0 Å². The molecule has 20 heavy (non-hydrogen) atoms. The summed E-state index contributed by atoms with van der Waals surface area (Å²) in [6.45, 7) is 2.30. The van der Waals surface area contributed by atoms with E-state index in [4.69, 9.17) is 0 Å². The van der Waals surface area contributed by atoms with Crippen molar-refractivity contribution in [1.29, 1.82) is 0 Å². The average molecular weight is 263 g/mol. The second-order valence-electron chi connectivity index (χ2n) is 5.38. The van der Waals surface area contributed by atoms with E-state index in [-0.39, 0.29) is 0 Å². The molecule has 0 spiro atoms. The van der Waals surface area contributed by atoms with Crippen molar-refractivity contribution in [3.63, 3.8) is 0 Å². The van der Waals surface area contributed by atoms with E-state index >= 15 is 0 Å². The van der Waals surface area contributed by atoms with Gasteiger partial charge in [0, 0.05) is 30.2 Å². The van der Waals surface area contributed by atoms with E-state index in [9.17, 15) is 0 Å². The van der Waals surface area contributed by atoms with Gasteiger partial charge >= 0.3 is 0 Å². The Morgan fingerprint density at radius 3 is 2.55 bits per heavy atom. The van der Waals surface area contributed by atoms with Gasteiger partial charge in [0.2, 0.25) is 0 Å². The van der Waals surface area contributed by atoms with Crippen LogP contribution < -0.4 is 4.90 Å². The van der Waals surface area contributed by atoms with Crippen molar-refractivity contribution < 1.29 is 0 Å². The molecular formula is C17H17N3. The van der Waals surface area contributed by atoms with Gasteiger partial charge in [0.25, 0.3) is 0 Å². The van der Waals surface area contributed by atoms with E-state index in [1.807, 2.05) is 12.3 Å². The van der Waals surface area contributed by atoms with E-state index in [1.165, 1.54) is 35.2 Å². The SMILES string of the molecule is c1ccc(-c2cnc3[nH]c(N4CCCC4)cc3c2)cc1. The lowest BCUT2D eigenvalue weighted by molar-refractivity contribution is 0.948. The number of H-pyrrole nitrogens is 1. The standard InChI is InChI=1S/C17H17N3/c1-2-6-13(7-3-1)15-10-14-11-16(19-17(14)18-12-15)20-8-4-5-9-20/h1-3,6-7,10-12H,4-5,8-9H2,(H,18,19). The number of pyridine rings is 1. The maximum absolute atomic E-state index is 4.57. The Morgan fingerprint density at radius 1 is 0.950 bits per heavy atom. The Labute approximate surface area is 118 Å². The summed E-state index contributed by atoms with van der Waals surface area (Å²) in [7, 11) is 0. The number of aromatic nitrogens is 2. The van der Waals surface area contributed by atoms with Gasteiger partial charge in [-0.15, -0.1) is 0 Å². The van der Waals surface area contributed by atoms with Gasteiger partial charge in [-0.2, -0.15) is 0 Å². The van der Waals surface area contributed by atoms with Gasteiger partial charge < -0.3 is 9.88 Å². The molecule has 100 valence electrons. The molecule has 0 atom stereocenters. The fraction of sp³-hybridized carbons (Fsp3) is 0.235. The van der Waals surface area contributed by atoms with Crippen LogP contribution >= 0.6 is 0 Å². The third-order valence-corrected chi connectivity index (χ3v) is 4.01. The lowest BCUT2D eigenvalue weighted by atomic mass is 10.1. The minimum absolute atomic E-state index is 0.978. The van der Waals surface area contributed by atoms with Gasteiger partial charge in [0.1, 0.15) is 11.5 Å². The van der Waals surface area contributed by atoms with Gasteiger partial charge in [-0.25, -0.2) is 4.98 Å². The highest BCUT2D eigenvalue weighted by Gasteiger charge is 2.14. The predicted octanol–water partition coefficient (Wildman–Crippen LogP) is 3.83. The van der Waals surface area contributed by atoms with E-state index in [2.05, 4.69) is 51.3 Å². The zero-order chi connectivity index (χ0) is 13.4. The highest BCUT2D eigenvalue weighted by atomic mass is 15.2. The van der Waals surface area contributed by atoms with Crippen molar-refractivity contribution in [3.8, 4) is 11.1 Å². The summed E-state index contributed by atoms with van der Waals surface area (Å²) in [5, 5.41) is 1.19. The molecule has 3 aromatic rings. The first kappa shape index (κ1) is 11.5. The van der Waals surface area contributed by atoms with E-state index < -0.39 is 0 Å². The molecule has 2 aromatic heterocycles. The molecule has 1 fully saturated rings. The molecule has 0 unspecified atom stereocenters. The van der Waals surface area contributed by atoms with E-state index in [0.717, 1.165) is 18.7 Å². The molecule has 1 aliphatic rings. The second kappa shape index (κ2) is 4.67. The van der Waals surface area contributed by atoms with Crippen LogP contribution in [0.3, 0.4) is 0 Å². The molecular weight excluding hydrogens is 246 g/mol. The third kappa shape index (κ3) is 1.95. The fourth-order valence-electron chi connectivity index (χ4n) is 2.92. The molecule has 1 aliphatic heterocycles. The number of fused-ring (bicyclic) bond motifs is 1. The van der Waals surface area contributed by atoms with E-state index in [1.54, 1.807) is 0 Å². The number of nitrogens with one attached hydrogen (secondary N) is 1. The molecule has 1 saturated heterocycles. The Balaban J connectivity index is 1.76. The van der Waals surface area contributed by atoms with Gasteiger partial charge in [0.05, 0.1) is 0 Å². The van der Waals surface area contributed by atoms with Crippen LogP contribution in [0.4, 0.5) is 5.82 Å². The molecule has 1 N–H and O–H groups in total. The number of benzene rings is 1. The molecule has 3 heterocycles. The van der Waals surface area contributed by atoms with Crippen molar-refractivity contribution in [1.82, 2.24) is 9.97 Å². The van der Waals surface area contributed by atoms with Gasteiger partial charge in [-0.1, -0.05) is 30.3 Å². The van der Waals surface area contributed by atoms with Gasteiger partial charge in [-0.3, -0.25) is 0 Å². The van der Waals surface area contributed by atoms with Crippen LogP contribution in [0.2, 0.25) is 0 Å². The van der Waals surface area contributed by atoms with Crippen LogP contribution in [0.15, 0.2) is 48.7 Å². The maximum Gasteiger partial charge on any atom is 0.138 e. The van der Waals surface area contributed by atoms with Crippen LogP contribution in [-0.2, 0) is 0 Å². The quantitative estimate of drug-likeness (QED) is 0.762. The van der Waals surface area contributed by atoms with Crippen LogP contribution in [-0.4, -0.2) is 23.1 Å². The summed E-state index contributed by atoms with van der Waals surface area (Å²) in [6, 6.07) is 14.8. The van der Waals surface area contributed by atoms with E-state index in [0.29, 0.717) is 0 Å². The molecule has 0 amide bonds. The minimum Gasteiger partial charge on any atom is -0.358 e. The zero-order valence-corrected chi connectivity index (χ0v) is 11.3. The van der Waals surface area contributed by atoms with Crippen LogP contribution in [0.25, 0.3) is 22.2 Å².